The molecule has 0 spiro atoms. The number of hydrogen-bond acceptors (Lipinski definition) is 3. The Morgan fingerprint density at radius 1 is 1.42 bits per heavy atom. The molecule has 1 aromatic heterocycles. The molecule has 1 unspecified atom stereocenters. The molecular weight excluding hydrogens is 242 g/mol. The van der Waals surface area contributed by atoms with Crippen molar-refractivity contribution in [3.05, 3.63) is 24.4 Å². The molecule has 2 rings (SSSR count). The Bertz CT molecular complexity index is 448. The average molecular weight is 261 g/mol. The molecule has 6 N–H and O–H groups in total. The van der Waals surface area contributed by atoms with Crippen LogP contribution in [-0.4, -0.2) is 36.0 Å². The molecule has 0 aromatic carbocycles. The van der Waals surface area contributed by atoms with Gasteiger partial charge < -0.3 is 22.1 Å². The van der Waals surface area contributed by atoms with Gasteiger partial charge in [-0.15, -0.1) is 0 Å². The number of nitrogens with one attached hydrogen (secondary N) is 2. The number of hydrogen-bond donors (Lipinski definition) is 4. The molecule has 1 aromatic rings. The first-order valence-corrected chi connectivity index (χ1v) is 6.30. The molecule has 1 fully saturated rings. The normalized spacial score (nSPS) is 21.2. The number of rotatable bonds is 2. The number of nitrogens with two attached hydrogens (primary N) is 2. The summed E-state index contributed by atoms with van der Waals surface area (Å²) in [5, 5.41) is 6.12. The highest BCUT2D eigenvalue weighted by atomic mass is 15.2. The van der Waals surface area contributed by atoms with Crippen molar-refractivity contribution in [2.75, 3.05) is 18.4 Å². The Hall–Kier alpha value is -2.15. The minimum absolute atomic E-state index is 0.181. The van der Waals surface area contributed by atoms with Crippen molar-refractivity contribution >= 4 is 17.7 Å². The molecule has 0 bridgehead atoms. The molecule has 0 aliphatic carbocycles. The molecule has 1 saturated heterocycles. The van der Waals surface area contributed by atoms with Gasteiger partial charge >= 0.3 is 0 Å². The van der Waals surface area contributed by atoms with Gasteiger partial charge in [0, 0.05) is 12.7 Å². The zero-order valence-corrected chi connectivity index (χ0v) is 10.7. The lowest BCUT2D eigenvalue weighted by molar-refractivity contribution is 0.460. The van der Waals surface area contributed by atoms with Crippen LogP contribution in [0.15, 0.2) is 34.4 Å². The van der Waals surface area contributed by atoms with E-state index in [1.165, 1.54) is 0 Å². The fraction of sp³-hybridized carbons (Fsp3) is 0.417. The number of piperidine rings is 1. The van der Waals surface area contributed by atoms with Gasteiger partial charge in [0.1, 0.15) is 5.82 Å². The first-order chi connectivity index (χ1) is 9.24. The molecule has 0 saturated carbocycles. The van der Waals surface area contributed by atoms with Crippen LogP contribution in [0.25, 0.3) is 0 Å². The molecule has 2 heterocycles. The smallest absolute Gasteiger partial charge is 0.218 e. The van der Waals surface area contributed by atoms with Crippen molar-refractivity contribution < 1.29 is 0 Å². The summed E-state index contributed by atoms with van der Waals surface area (Å²) in [6, 6.07) is 5.65. The first kappa shape index (κ1) is 13.3. The zero-order valence-electron chi connectivity index (χ0n) is 10.7. The highest BCUT2D eigenvalue weighted by molar-refractivity contribution is 6.00. The second-order valence-corrected chi connectivity index (χ2v) is 4.32. The summed E-state index contributed by atoms with van der Waals surface area (Å²) >= 11 is 0. The minimum atomic E-state index is 0.181. The summed E-state index contributed by atoms with van der Waals surface area (Å²) < 4.78 is 0. The SMILES string of the molecule is NC(=NC1CCCNC1)N=C(N)Nc1ccccn1. The number of pyridine rings is 1. The van der Waals surface area contributed by atoms with Gasteiger partial charge in [0.15, 0.2) is 0 Å². The van der Waals surface area contributed by atoms with E-state index in [0.29, 0.717) is 5.82 Å². The monoisotopic (exact) mass is 261 g/mol. The topological polar surface area (TPSA) is 114 Å². The molecule has 1 aliphatic heterocycles. The van der Waals surface area contributed by atoms with Crippen LogP contribution < -0.4 is 22.1 Å². The minimum Gasteiger partial charge on any atom is -0.369 e. The van der Waals surface area contributed by atoms with Gasteiger partial charge in [0.2, 0.25) is 11.9 Å². The summed E-state index contributed by atoms with van der Waals surface area (Å²) in [5.74, 6) is 0.995. The highest BCUT2D eigenvalue weighted by Crippen LogP contribution is 2.05. The predicted octanol–water partition coefficient (Wildman–Crippen LogP) is -0.125. The van der Waals surface area contributed by atoms with E-state index in [9.17, 15) is 0 Å². The number of guanidine groups is 2. The van der Waals surface area contributed by atoms with E-state index < -0.39 is 0 Å². The molecule has 7 nitrogen and oxygen atoms in total. The van der Waals surface area contributed by atoms with Crippen LogP contribution in [0.5, 0.6) is 0 Å². The zero-order chi connectivity index (χ0) is 13.5. The van der Waals surface area contributed by atoms with E-state index >= 15 is 0 Å². The fourth-order valence-corrected chi connectivity index (χ4v) is 1.88. The summed E-state index contributed by atoms with van der Waals surface area (Å²) in [7, 11) is 0. The highest BCUT2D eigenvalue weighted by Gasteiger charge is 2.11. The quantitative estimate of drug-likeness (QED) is 0.437. The number of nitrogens with zero attached hydrogens (tertiary/aromatic N) is 3. The van der Waals surface area contributed by atoms with Crippen LogP contribution in [0.4, 0.5) is 5.82 Å². The largest absolute Gasteiger partial charge is 0.369 e. The third-order valence-corrected chi connectivity index (χ3v) is 2.74. The number of anilines is 1. The van der Waals surface area contributed by atoms with Crippen molar-refractivity contribution in [3.63, 3.8) is 0 Å². The Labute approximate surface area is 112 Å². The Morgan fingerprint density at radius 2 is 2.32 bits per heavy atom. The van der Waals surface area contributed by atoms with E-state index in [1.807, 2.05) is 12.1 Å². The molecule has 102 valence electrons. The number of aromatic nitrogens is 1. The van der Waals surface area contributed by atoms with Crippen LogP contribution >= 0.6 is 0 Å². The van der Waals surface area contributed by atoms with E-state index in [4.69, 9.17) is 11.5 Å². The van der Waals surface area contributed by atoms with Gasteiger partial charge in [-0.25, -0.2) is 9.98 Å². The van der Waals surface area contributed by atoms with Crippen LogP contribution in [0.1, 0.15) is 12.8 Å². The van der Waals surface area contributed by atoms with Crippen molar-refractivity contribution in [1.82, 2.24) is 10.3 Å². The van der Waals surface area contributed by atoms with Gasteiger partial charge in [0.05, 0.1) is 6.04 Å². The molecule has 7 heteroatoms. The van der Waals surface area contributed by atoms with Crippen molar-refractivity contribution in [2.24, 2.45) is 21.5 Å². The van der Waals surface area contributed by atoms with Crippen LogP contribution in [0, 0.1) is 0 Å². The van der Waals surface area contributed by atoms with Gasteiger partial charge in [-0.1, -0.05) is 6.07 Å². The summed E-state index contributed by atoms with van der Waals surface area (Å²) in [4.78, 5) is 12.4. The third kappa shape index (κ3) is 4.55. The van der Waals surface area contributed by atoms with E-state index in [2.05, 4.69) is 25.6 Å². The van der Waals surface area contributed by atoms with E-state index in [-0.39, 0.29) is 18.0 Å². The van der Waals surface area contributed by atoms with Crippen molar-refractivity contribution in [3.8, 4) is 0 Å². The fourth-order valence-electron chi connectivity index (χ4n) is 1.88. The molecular formula is C12H19N7. The molecule has 1 aliphatic rings. The van der Waals surface area contributed by atoms with Gasteiger partial charge in [-0.05, 0) is 31.5 Å². The second-order valence-electron chi connectivity index (χ2n) is 4.32. The Morgan fingerprint density at radius 3 is 3.00 bits per heavy atom. The van der Waals surface area contributed by atoms with Crippen LogP contribution in [0.2, 0.25) is 0 Å². The second kappa shape index (κ2) is 6.69. The molecule has 0 radical (unpaired) electrons. The summed E-state index contributed by atoms with van der Waals surface area (Å²) in [6.07, 6.45) is 3.80. The lowest BCUT2D eigenvalue weighted by atomic mass is 10.1. The first-order valence-electron chi connectivity index (χ1n) is 6.30. The van der Waals surface area contributed by atoms with Gasteiger partial charge in [-0.2, -0.15) is 4.99 Å². The van der Waals surface area contributed by atoms with Crippen molar-refractivity contribution in [1.29, 1.82) is 0 Å². The van der Waals surface area contributed by atoms with Crippen LogP contribution in [0.3, 0.4) is 0 Å². The Kier molecular flexibility index (Phi) is 4.68. The number of aliphatic imine (C=N–C) groups is 2. The summed E-state index contributed by atoms with van der Waals surface area (Å²) in [6.45, 7) is 1.88. The third-order valence-electron chi connectivity index (χ3n) is 2.74. The maximum absolute atomic E-state index is 5.75. The molecule has 0 amide bonds. The van der Waals surface area contributed by atoms with E-state index in [1.54, 1.807) is 12.3 Å². The maximum atomic E-state index is 5.75. The summed E-state index contributed by atoms with van der Waals surface area (Å²) in [5.41, 5.74) is 11.5. The maximum Gasteiger partial charge on any atom is 0.218 e. The van der Waals surface area contributed by atoms with Crippen LogP contribution in [-0.2, 0) is 0 Å². The van der Waals surface area contributed by atoms with Crippen molar-refractivity contribution in [2.45, 2.75) is 18.9 Å². The Balaban J connectivity index is 1.93. The lowest BCUT2D eigenvalue weighted by Gasteiger charge is -2.18. The van der Waals surface area contributed by atoms with Gasteiger partial charge in [0.25, 0.3) is 0 Å². The predicted molar refractivity (Wildman–Crippen MR) is 77.0 cm³/mol. The van der Waals surface area contributed by atoms with E-state index in [0.717, 1.165) is 25.9 Å². The van der Waals surface area contributed by atoms with Gasteiger partial charge in [-0.3, -0.25) is 0 Å². The molecule has 1 atom stereocenters. The standard InChI is InChI=1S/C12H19N7/c13-11(17-9-4-3-6-15-8-9)19-12(14)18-10-5-1-2-7-16-10/h1-2,5,7,9,15H,3-4,6,8H2,(H5,13,14,16,17,18,19). The average Bonchev–Trinajstić information content (AvgIpc) is 2.40. The molecule has 19 heavy (non-hydrogen) atoms. The lowest BCUT2D eigenvalue weighted by Crippen LogP contribution is -2.34.